The van der Waals surface area contributed by atoms with Gasteiger partial charge in [-0.1, -0.05) is 12.1 Å². The third-order valence-corrected chi connectivity index (χ3v) is 6.37. The van der Waals surface area contributed by atoms with Crippen LogP contribution in [0.25, 0.3) is 28.2 Å². The number of benzene rings is 2. The fourth-order valence-corrected chi connectivity index (χ4v) is 4.23. The van der Waals surface area contributed by atoms with Crippen LogP contribution in [0.5, 0.6) is 17.2 Å². The van der Waals surface area contributed by atoms with E-state index >= 15 is 0 Å². The van der Waals surface area contributed by atoms with Gasteiger partial charge in [-0.3, -0.25) is 4.79 Å². The molecular formula is C26H26O6. The summed E-state index contributed by atoms with van der Waals surface area (Å²) in [6.07, 6.45) is 5.48. The monoisotopic (exact) mass is 434 g/mol. The molecule has 3 aromatic rings. The average molecular weight is 434 g/mol. The largest absolute Gasteiger partial charge is 0.508 e. The molecule has 0 amide bonds. The predicted octanol–water partition coefficient (Wildman–Crippen LogP) is 5.08. The summed E-state index contributed by atoms with van der Waals surface area (Å²) in [5.74, 6) is 0.449. The number of hydrogen-bond donors (Lipinski definition) is 2. The Labute approximate surface area is 185 Å². The van der Waals surface area contributed by atoms with E-state index in [0.717, 1.165) is 0 Å². The van der Waals surface area contributed by atoms with Crippen LogP contribution in [0.3, 0.4) is 0 Å². The third-order valence-electron chi connectivity index (χ3n) is 6.37. The fourth-order valence-electron chi connectivity index (χ4n) is 4.23. The molecule has 0 saturated carbocycles. The van der Waals surface area contributed by atoms with Gasteiger partial charge in [0.25, 0.3) is 0 Å². The second-order valence-corrected chi connectivity index (χ2v) is 9.71. The van der Waals surface area contributed by atoms with Gasteiger partial charge >= 0.3 is 0 Å². The van der Waals surface area contributed by atoms with Crippen molar-refractivity contribution < 1.29 is 24.1 Å². The summed E-state index contributed by atoms with van der Waals surface area (Å²) < 4.78 is 17.9. The summed E-state index contributed by atoms with van der Waals surface area (Å²) in [5, 5.41) is 21.5. The van der Waals surface area contributed by atoms with Gasteiger partial charge in [0.05, 0.1) is 22.8 Å². The molecule has 1 unspecified atom stereocenters. The number of ether oxygens (including phenoxy) is 2. The highest BCUT2D eigenvalue weighted by Gasteiger charge is 2.48. The Morgan fingerprint density at radius 3 is 2.50 bits per heavy atom. The van der Waals surface area contributed by atoms with Crippen LogP contribution in [0.2, 0.25) is 0 Å². The molecule has 2 aromatic carbocycles. The molecular weight excluding hydrogens is 408 g/mol. The van der Waals surface area contributed by atoms with Crippen LogP contribution in [-0.2, 0) is 11.2 Å². The first-order valence-electron chi connectivity index (χ1n) is 10.7. The fraction of sp³-hybridized carbons (Fsp3) is 0.346. The quantitative estimate of drug-likeness (QED) is 0.558. The molecule has 1 fully saturated rings. The lowest BCUT2D eigenvalue weighted by atomic mass is 9.92. The number of phenols is 2. The second-order valence-electron chi connectivity index (χ2n) is 9.71. The lowest BCUT2D eigenvalue weighted by molar-refractivity contribution is 0.156. The van der Waals surface area contributed by atoms with E-state index in [0.29, 0.717) is 34.4 Å². The van der Waals surface area contributed by atoms with Crippen molar-refractivity contribution in [3.05, 3.63) is 57.5 Å². The van der Waals surface area contributed by atoms with E-state index < -0.39 is 5.60 Å². The topological polar surface area (TPSA) is 92.4 Å². The van der Waals surface area contributed by atoms with Crippen molar-refractivity contribution in [2.24, 2.45) is 0 Å². The van der Waals surface area contributed by atoms with Crippen LogP contribution in [0.4, 0.5) is 0 Å². The zero-order valence-corrected chi connectivity index (χ0v) is 18.8. The minimum absolute atomic E-state index is 0.0863. The van der Waals surface area contributed by atoms with Crippen LogP contribution in [0.15, 0.2) is 39.7 Å². The summed E-state index contributed by atoms with van der Waals surface area (Å²) in [6.45, 7) is 9.62. The Kier molecular flexibility index (Phi) is 4.27. The molecule has 2 aliphatic rings. The van der Waals surface area contributed by atoms with Gasteiger partial charge in [-0.25, -0.2) is 0 Å². The molecule has 5 rings (SSSR count). The number of phenolic OH excluding ortho intramolecular Hbond substituents is 2. The van der Waals surface area contributed by atoms with Gasteiger partial charge in [0.1, 0.15) is 34.5 Å². The smallest absolute Gasteiger partial charge is 0.204 e. The maximum atomic E-state index is 13.5. The normalized spacial score (nSPS) is 20.1. The first kappa shape index (κ1) is 20.6. The van der Waals surface area contributed by atoms with E-state index in [2.05, 4.69) is 0 Å². The summed E-state index contributed by atoms with van der Waals surface area (Å²) >= 11 is 0. The maximum Gasteiger partial charge on any atom is 0.204 e. The molecule has 0 bridgehead atoms. The van der Waals surface area contributed by atoms with E-state index in [1.807, 2.05) is 39.8 Å². The van der Waals surface area contributed by atoms with Gasteiger partial charge in [0, 0.05) is 12.0 Å². The molecule has 1 atom stereocenters. The molecule has 2 aliphatic heterocycles. The Morgan fingerprint density at radius 1 is 1.12 bits per heavy atom. The van der Waals surface area contributed by atoms with Crippen molar-refractivity contribution in [1.29, 1.82) is 0 Å². The van der Waals surface area contributed by atoms with Crippen molar-refractivity contribution in [1.82, 2.24) is 0 Å². The Bertz CT molecular complexity index is 1360. The minimum atomic E-state index is -0.568. The number of epoxide rings is 1. The van der Waals surface area contributed by atoms with Crippen molar-refractivity contribution in [2.45, 2.75) is 58.3 Å². The van der Waals surface area contributed by atoms with E-state index in [4.69, 9.17) is 13.9 Å². The summed E-state index contributed by atoms with van der Waals surface area (Å²) in [4.78, 5) is 13.5. The SMILES string of the molecule is Cc1ccc(-c2coc3c4c(c(CC5OC5(C)C)c(O)c3c2=O)OC(C)(C)C=C4)cc1O. The number of rotatable bonds is 3. The van der Waals surface area contributed by atoms with Crippen LogP contribution >= 0.6 is 0 Å². The molecule has 1 aromatic heterocycles. The molecule has 1 saturated heterocycles. The van der Waals surface area contributed by atoms with Gasteiger partial charge in [-0.15, -0.1) is 0 Å². The highest BCUT2D eigenvalue weighted by atomic mass is 16.6. The lowest BCUT2D eigenvalue weighted by Gasteiger charge is -2.30. The standard InChI is InChI=1S/C26H26O6/c1-13-6-7-14(10-18(13)27)17-12-30-24-15-8-9-25(2,3)32-23(15)16(11-19-26(4,5)31-19)21(28)20(24)22(17)29/h6-10,12,19,27-28H,11H2,1-5H3. The highest BCUT2D eigenvalue weighted by Crippen LogP contribution is 2.48. The lowest BCUT2D eigenvalue weighted by Crippen LogP contribution is -2.28. The first-order chi connectivity index (χ1) is 15.0. The Balaban J connectivity index is 1.78. The molecule has 32 heavy (non-hydrogen) atoms. The third kappa shape index (κ3) is 3.17. The minimum Gasteiger partial charge on any atom is -0.508 e. The van der Waals surface area contributed by atoms with Crippen molar-refractivity contribution >= 4 is 17.0 Å². The molecule has 2 N–H and O–H groups in total. The molecule has 0 spiro atoms. The van der Waals surface area contributed by atoms with Crippen molar-refractivity contribution in [3.8, 4) is 28.4 Å². The zero-order chi connectivity index (χ0) is 23.0. The van der Waals surface area contributed by atoms with Crippen LogP contribution in [0, 0.1) is 6.92 Å². The summed E-state index contributed by atoms with van der Waals surface area (Å²) in [7, 11) is 0. The molecule has 166 valence electrons. The van der Waals surface area contributed by atoms with E-state index in [9.17, 15) is 15.0 Å². The molecule has 0 radical (unpaired) electrons. The van der Waals surface area contributed by atoms with Crippen LogP contribution in [0.1, 0.15) is 44.4 Å². The Hall–Kier alpha value is -3.25. The van der Waals surface area contributed by atoms with Gasteiger partial charge in [-0.05, 0) is 64.0 Å². The van der Waals surface area contributed by atoms with Crippen LogP contribution < -0.4 is 10.2 Å². The molecule has 3 heterocycles. The van der Waals surface area contributed by atoms with Crippen LogP contribution in [-0.4, -0.2) is 27.5 Å². The number of aryl methyl sites for hydroxylation is 1. The molecule has 6 nitrogen and oxygen atoms in total. The number of hydrogen-bond acceptors (Lipinski definition) is 6. The van der Waals surface area contributed by atoms with Crippen molar-refractivity contribution in [2.75, 3.05) is 0 Å². The summed E-state index contributed by atoms with van der Waals surface area (Å²) in [5.41, 5.74) is 1.69. The van der Waals surface area contributed by atoms with Gasteiger partial charge in [-0.2, -0.15) is 0 Å². The predicted molar refractivity (Wildman–Crippen MR) is 122 cm³/mol. The highest BCUT2D eigenvalue weighted by molar-refractivity contribution is 5.97. The van der Waals surface area contributed by atoms with Crippen molar-refractivity contribution in [3.63, 3.8) is 0 Å². The van der Waals surface area contributed by atoms with Gasteiger partial charge in [0.2, 0.25) is 5.43 Å². The van der Waals surface area contributed by atoms with Gasteiger partial charge in [0.15, 0.2) is 5.58 Å². The first-order valence-corrected chi connectivity index (χ1v) is 10.7. The zero-order valence-electron chi connectivity index (χ0n) is 18.8. The summed E-state index contributed by atoms with van der Waals surface area (Å²) in [6, 6.07) is 5.00. The molecule has 6 heteroatoms. The van der Waals surface area contributed by atoms with E-state index in [1.165, 1.54) is 12.3 Å². The second kappa shape index (κ2) is 6.62. The van der Waals surface area contributed by atoms with E-state index in [1.54, 1.807) is 19.1 Å². The average Bonchev–Trinajstić information content (AvgIpc) is 3.32. The number of aromatic hydroxyl groups is 2. The number of fused-ring (bicyclic) bond motifs is 3. The maximum absolute atomic E-state index is 13.5. The molecule has 0 aliphatic carbocycles. The van der Waals surface area contributed by atoms with E-state index in [-0.39, 0.29) is 45.2 Å². The Morgan fingerprint density at radius 2 is 1.84 bits per heavy atom. The van der Waals surface area contributed by atoms with Gasteiger partial charge < -0.3 is 24.1 Å².